The molecule has 0 bridgehead atoms. The van der Waals surface area contributed by atoms with Crippen LogP contribution in [0.2, 0.25) is 0 Å². The molecule has 2 aromatic heterocycles. The fraction of sp³-hybridized carbons (Fsp3) is 0.188. The Bertz CT molecular complexity index is 766. The van der Waals surface area contributed by atoms with Gasteiger partial charge in [-0.25, -0.2) is 9.78 Å². The number of imidazole rings is 1. The van der Waals surface area contributed by atoms with Crippen LogP contribution in [0.3, 0.4) is 0 Å². The monoisotopic (exact) mass is 281 g/mol. The normalized spacial score (nSPS) is 10.7. The molecule has 0 unspecified atom stereocenters. The molecule has 0 aliphatic heterocycles. The van der Waals surface area contributed by atoms with E-state index in [1.165, 1.54) is 12.7 Å². The summed E-state index contributed by atoms with van der Waals surface area (Å²) >= 11 is 0. The number of carbonyl (C=O) groups is 1. The van der Waals surface area contributed by atoms with Crippen molar-refractivity contribution in [3.05, 3.63) is 59.7 Å². The van der Waals surface area contributed by atoms with Crippen LogP contribution in [0.1, 0.15) is 21.7 Å². The summed E-state index contributed by atoms with van der Waals surface area (Å²) in [5.41, 5.74) is 3.21. The number of carbonyl (C=O) groups excluding carboxylic acids is 1. The van der Waals surface area contributed by atoms with Crippen LogP contribution in [0.15, 0.2) is 42.7 Å². The van der Waals surface area contributed by atoms with Crippen molar-refractivity contribution in [3.63, 3.8) is 0 Å². The number of esters is 1. The molecule has 0 aliphatic carbocycles. The van der Waals surface area contributed by atoms with Gasteiger partial charge in [0.2, 0.25) is 0 Å². The summed E-state index contributed by atoms with van der Waals surface area (Å²) in [5, 5.41) is 0. The SMILES string of the molecule is COC(=O)c1cccc2[nH]c(CCc3ccncc3)nc12. The van der Waals surface area contributed by atoms with Crippen molar-refractivity contribution in [2.24, 2.45) is 0 Å². The molecule has 5 heteroatoms. The highest BCUT2D eigenvalue weighted by Gasteiger charge is 2.13. The zero-order valence-electron chi connectivity index (χ0n) is 11.7. The summed E-state index contributed by atoms with van der Waals surface area (Å²) in [7, 11) is 1.37. The fourth-order valence-corrected chi connectivity index (χ4v) is 2.29. The number of para-hydroxylation sites is 1. The van der Waals surface area contributed by atoms with E-state index in [-0.39, 0.29) is 5.97 Å². The molecular weight excluding hydrogens is 266 g/mol. The quantitative estimate of drug-likeness (QED) is 0.746. The molecule has 1 aromatic carbocycles. The maximum absolute atomic E-state index is 11.7. The molecule has 3 aromatic rings. The van der Waals surface area contributed by atoms with Crippen molar-refractivity contribution in [1.29, 1.82) is 0 Å². The lowest BCUT2D eigenvalue weighted by molar-refractivity contribution is 0.0603. The van der Waals surface area contributed by atoms with Crippen molar-refractivity contribution < 1.29 is 9.53 Å². The number of pyridine rings is 1. The Morgan fingerprint density at radius 3 is 2.76 bits per heavy atom. The average molecular weight is 281 g/mol. The standard InChI is InChI=1S/C16H15N3O2/c1-21-16(20)12-3-2-4-13-15(12)19-14(18-13)6-5-11-7-9-17-10-8-11/h2-4,7-10H,5-6H2,1H3,(H,18,19). The lowest BCUT2D eigenvalue weighted by Gasteiger charge is -1.98. The number of hydrogen-bond donors (Lipinski definition) is 1. The Balaban J connectivity index is 1.86. The second kappa shape index (κ2) is 5.75. The Kier molecular flexibility index (Phi) is 3.64. The Labute approximate surface area is 122 Å². The average Bonchev–Trinajstić information content (AvgIpc) is 2.96. The highest BCUT2D eigenvalue weighted by molar-refractivity contribution is 6.01. The minimum atomic E-state index is -0.368. The van der Waals surface area contributed by atoms with E-state index in [9.17, 15) is 4.79 Å². The number of H-pyrrole nitrogens is 1. The van der Waals surface area contributed by atoms with E-state index < -0.39 is 0 Å². The van der Waals surface area contributed by atoms with Crippen molar-refractivity contribution in [1.82, 2.24) is 15.0 Å². The second-order valence-electron chi connectivity index (χ2n) is 4.73. The Morgan fingerprint density at radius 2 is 2.00 bits per heavy atom. The zero-order valence-corrected chi connectivity index (χ0v) is 11.7. The topological polar surface area (TPSA) is 67.9 Å². The van der Waals surface area contributed by atoms with Gasteiger partial charge in [0.15, 0.2) is 0 Å². The first kappa shape index (κ1) is 13.3. The molecule has 106 valence electrons. The lowest BCUT2D eigenvalue weighted by atomic mass is 10.1. The molecule has 0 radical (unpaired) electrons. The van der Waals surface area contributed by atoms with Gasteiger partial charge in [-0.15, -0.1) is 0 Å². The maximum atomic E-state index is 11.7. The van der Waals surface area contributed by atoms with Gasteiger partial charge in [0.05, 0.1) is 18.2 Å². The van der Waals surface area contributed by atoms with E-state index in [1.54, 1.807) is 18.5 Å². The summed E-state index contributed by atoms with van der Waals surface area (Å²) in [6.45, 7) is 0. The number of hydrogen-bond acceptors (Lipinski definition) is 4. The third-order valence-corrected chi connectivity index (χ3v) is 3.37. The third kappa shape index (κ3) is 2.76. The number of aryl methyl sites for hydroxylation is 2. The molecule has 1 N–H and O–H groups in total. The van der Waals surface area contributed by atoms with Gasteiger partial charge in [-0.05, 0) is 36.2 Å². The number of ether oxygens (including phenoxy) is 1. The zero-order chi connectivity index (χ0) is 14.7. The maximum Gasteiger partial charge on any atom is 0.340 e. The molecule has 3 rings (SSSR count). The molecule has 0 atom stereocenters. The number of aromatic nitrogens is 3. The van der Waals surface area contributed by atoms with E-state index in [1.807, 2.05) is 24.3 Å². The van der Waals surface area contributed by atoms with Crippen molar-refractivity contribution in [2.75, 3.05) is 7.11 Å². The van der Waals surface area contributed by atoms with Crippen molar-refractivity contribution in [3.8, 4) is 0 Å². The van der Waals surface area contributed by atoms with Crippen LogP contribution in [-0.2, 0) is 17.6 Å². The van der Waals surface area contributed by atoms with Crippen LogP contribution >= 0.6 is 0 Å². The van der Waals surface area contributed by atoms with Crippen LogP contribution in [0.5, 0.6) is 0 Å². The molecule has 0 saturated heterocycles. The van der Waals surface area contributed by atoms with Crippen LogP contribution in [0.4, 0.5) is 0 Å². The molecular formula is C16H15N3O2. The predicted molar refractivity (Wildman–Crippen MR) is 79.1 cm³/mol. The van der Waals surface area contributed by atoms with Crippen LogP contribution in [-0.4, -0.2) is 28.0 Å². The van der Waals surface area contributed by atoms with Gasteiger partial charge < -0.3 is 9.72 Å². The number of aromatic amines is 1. The number of rotatable bonds is 4. The summed E-state index contributed by atoms with van der Waals surface area (Å²) in [6, 6.07) is 9.43. The molecule has 0 fully saturated rings. The number of benzene rings is 1. The minimum absolute atomic E-state index is 0.368. The highest BCUT2D eigenvalue weighted by Crippen LogP contribution is 2.18. The van der Waals surface area contributed by atoms with Crippen molar-refractivity contribution >= 4 is 17.0 Å². The number of nitrogens with one attached hydrogen (secondary N) is 1. The molecule has 2 heterocycles. The number of methoxy groups -OCH3 is 1. The van der Waals surface area contributed by atoms with Gasteiger partial charge in [0.25, 0.3) is 0 Å². The third-order valence-electron chi connectivity index (χ3n) is 3.37. The Morgan fingerprint density at radius 1 is 1.19 bits per heavy atom. The van der Waals surface area contributed by atoms with Crippen LogP contribution in [0.25, 0.3) is 11.0 Å². The first-order chi connectivity index (χ1) is 10.3. The number of fused-ring (bicyclic) bond motifs is 1. The first-order valence-corrected chi connectivity index (χ1v) is 6.73. The summed E-state index contributed by atoms with van der Waals surface area (Å²) in [4.78, 5) is 23.5. The van der Waals surface area contributed by atoms with E-state index in [0.717, 1.165) is 24.2 Å². The largest absolute Gasteiger partial charge is 0.465 e. The van der Waals surface area contributed by atoms with Gasteiger partial charge in [-0.3, -0.25) is 4.98 Å². The van der Waals surface area contributed by atoms with Gasteiger partial charge in [-0.2, -0.15) is 0 Å². The van der Waals surface area contributed by atoms with E-state index in [4.69, 9.17) is 4.74 Å². The fourth-order valence-electron chi connectivity index (χ4n) is 2.29. The van der Waals surface area contributed by atoms with Gasteiger partial charge in [0.1, 0.15) is 11.3 Å². The van der Waals surface area contributed by atoms with Gasteiger partial charge in [-0.1, -0.05) is 6.07 Å². The van der Waals surface area contributed by atoms with E-state index >= 15 is 0 Å². The molecule has 0 aliphatic rings. The van der Waals surface area contributed by atoms with Crippen LogP contribution in [0, 0.1) is 0 Å². The molecule has 0 spiro atoms. The van der Waals surface area contributed by atoms with Gasteiger partial charge >= 0.3 is 5.97 Å². The number of nitrogens with zero attached hydrogens (tertiary/aromatic N) is 2. The summed E-state index contributed by atoms with van der Waals surface area (Å²) in [6.07, 6.45) is 5.21. The highest BCUT2D eigenvalue weighted by atomic mass is 16.5. The summed E-state index contributed by atoms with van der Waals surface area (Å²) < 4.78 is 4.78. The first-order valence-electron chi connectivity index (χ1n) is 6.73. The van der Waals surface area contributed by atoms with Crippen LogP contribution < -0.4 is 0 Å². The predicted octanol–water partition coefficient (Wildman–Crippen LogP) is 2.53. The summed E-state index contributed by atoms with van der Waals surface area (Å²) in [5.74, 6) is 0.492. The van der Waals surface area contributed by atoms with Crippen molar-refractivity contribution in [2.45, 2.75) is 12.8 Å². The van der Waals surface area contributed by atoms with E-state index in [2.05, 4.69) is 15.0 Å². The molecule has 21 heavy (non-hydrogen) atoms. The minimum Gasteiger partial charge on any atom is -0.465 e. The molecule has 5 nitrogen and oxygen atoms in total. The van der Waals surface area contributed by atoms with Gasteiger partial charge in [0, 0.05) is 18.8 Å². The lowest BCUT2D eigenvalue weighted by Crippen LogP contribution is -2.01. The second-order valence-corrected chi connectivity index (χ2v) is 4.73. The Hall–Kier alpha value is -2.69. The smallest absolute Gasteiger partial charge is 0.340 e. The molecule has 0 saturated carbocycles. The molecule has 0 amide bonds. The van der Waals surface area contributed by atoms with E-state index in [0.29, 0.717) is 11.1 Å².